The zero-order chi connectivity index (χ0) is 9.80. The summed E-state index contributed by atoms with van der Waals surface area (Å²) in [6.45, 7) is 0.888. The summed E-state index contributed by atoms with van der Waals surface area (Å²) < 4.78 is 5.50. The van der Waals surface area contributed by atoms with Crippen molar-refractivity contribution in [2.24, 2.45) is 0 Å². The topological polar surface area (TPSA) is 35.0 Å². The minimum absolute atomic E-state index is 0.359. The number of ether oxygens (including phenoxy) is 1. The van der Waals surface area contributed by atoms with Crippen LogP contribution in [0.25, 0.3) is 0 Å². The number of hydrogen-bond acceptors (Lipinski definition) is 4. The highest BCUT2D eigenvalue weighted by Gasteiger charge is 2.16. The number of nitrogens with zero attached hydrogens (tertiary/aromatic N) is 2. The Bertz CT molecular complexity index is 305. The lowest BCUT2D eigenvalue weighted by atomic mass is 10.3. The minimum Gasteiger partial charge on any atom is -0.377 e. The van der Waals surface area contributed by atoms with Crippen molar-refractivity contribution < 1.29 is 4.74 Å². The van der Waals surface area contributed by atoms with Crippen LogP contribution in [0.1, 0.15) is 12.8 Å². The lowest BCUT2D eigenvalue weighted by molar-refractivity contribution is 0.129. The van der Waals surface area contributed by atoms with E-state index in [1.54, 1.807) is 24.2 Å². The van der Waals surface area contributed by atoms with Crippen LogP contribution in [0.3, 0.4) is 0 Å². The van der Waals surface area contributed by atoms with Gasteiger partial charge in [-0.3, -0.25) is 0 Å². The smallest absolute Gasteiger partial charge is 0.161 e. The molecule has 2 heterocycles. The van der Waals surface area contributed by atoms with E-state index in [0.717, 1.165) is 23.8 Å². The quantitative estimate of drug-likeness (QED) is 0.747. The van der Waals surface area contributed by atoms with Crippen molar-refractivity contribution in [2.45, 2.75) is 24.0 Å². The SMILES string of the molecule is Clc1nccnc1SCC1CCCO1. The average Bonchev–Trinajstić information content (AvgIpc) is 2.69. The molecule has 1 aliphatic heterocycles. The van der Waals surface area contributed by atoms with E-state index >= 15 is 0 Å². The van der Waals surface area contributed by atoms with Gasteiger partial charge in [0, 0.05) is 24.8 Å². The molecule has 1 atom stereocenters. The summed E-state index contributed by atoms with van der Waals surface area (Å²) in [7, 11) is 0. The lowest BCUT2D eigenvalue weighted by Crippen LogP contribution is -2.08. The molecule has 0 radical (unpaired) electrons. The van der Waals surface area contributed by atoms with Crippen LogP contribution in [0, 0.1) is 0 Å². The fraction of sp³-hybridized carbons (Fsp3) is 0.556. The Morgan fingerprint density at radius 1 is 1.50 bits per heavy atom. The van der Waals surface area contributed by atoms with E-state index in [4.69, 9.17) is 16.3 Å². The summed E-state index contributed by atoms with van der Waals surface area (Å²) in [5.41, 5.74) is 0. The maximum Gasteiger partial charge on any atom is 0.161 e. The Kier molecular flexibility index (Phi) is 3.61. The summed E-state index contributed by atoms with van der Waals surface area (Å²) in [5.74, 6) is 0.915. The van der Waals surface area contributed by atoms with E-state index in [2.05, 4.69) is 9.97 Å². The Hall–Kier alpha value is -0.320. The largest absolute Gasteiger partial charge is 0.377 e. The first-order valence-corrected chi connectivity index (χ1v) is 5.93. The maximum absolute atomic E-state index is 5.87. The molecule has 1 aromatic heterocycles. The Morgan fingerprint density at radius 3 is 3.07 bits per heavy atom. The molecule has 0 aromatic carbocycles. The molecule has 1 aliphatic rings. The van der Waals surface area contributed by atoms with Gasteiger partial charge in [-0.2, -0.15) is 0 Å². The second-order valence-corrected chi connectivity index (χ2v) is 4.47. The first-order chi connectivity index (χ1) is 6.86. The van der Waals surface area contributed by atoms with Gasteiger partial charge in [-0.05, 0) is 12.8 Å². The van der Waals surface area contributed by atoms with Crippen molar-refractivity contribution in [1.82, 2.24) is 9.97 Å². The van der Waals surface area contributed by atoms with Crippen LogP contribution in [-0.2, 0) is 4.74 Å². The maximum atomic E-state index is 5.87. The zero-order valence-electron chi connectivity index (χ0n) is 7.65. The third-order valence-electron chi connectivity index (χ3n) is 2.05. The predicted octanol–water partition coefficient (Wildman–Crippen LogP) is 2.40. The molecule has 0 spiro atoms. The standard InChI is InChI=1S/C9H11ClN2OS/c10-8-9(12-4-3-11-8)14-6-7-2-1-5-13-7/h3-4,7H,1-2,5-6H2. The van der Waals surface area contributed by atoms with Crippen molar-refractivity contribution in [3.63, 3.8) is 0 Å². The lowest BCUT2D eigenvalue weighted by Gasteiger charge is -2.07. The van der Waals surface area contributed by atoms with Gasteiger partial charge in [0.2, 0.25) is 0 Å². The van der Waals surface area contributed by atoms with Crippen LogP contribution >= 0.6 is 23.4 Å². The molecule has 5 heteroatoms. The minimum atomic E-state index is 0.359. The third-order valence-corrected chi connectivity index (χ3v) is 3.55. The molecule has 1 unspecified atom stereocenters. The Labute approximate surface area is 92.2 Å². The van der Waals surface area contributed by atoms with Gasteiger partial charge in [-0.1, -0.05) is 11.6 Å². The molecular weight excluding hydrogens is 220 g/mol. The van der Waals surface area contributed by atoms with Crippen LogP contribution in [0.5, 0.6) is 0 Å². The van der Waals surface area contributed by atoms with E-state index < -0.39 is 0 Å². The molecule has 2 rings (SSSR count). The van der Waals surface area contributed by atoms with Crippen LogP contribution in [-0.4, -0.2) is 28.4 Å². The van der Waals surface area contributed by atoms with E-state index in [1.807, 2.05) is 0 Å². The monoisotopic (exact) mass is 230 g/mol. The van der Waals surface area contributed by atoms with Crippen molar-refractivity contribution in [3.8, 4) is 0 Å². The molecular formula is C9H11ClN2OS. The summed E-state index contributed by atoms with van der Waals surface area (Å²) in [6, 6.07) is 0. The fourth-order valence-electron chi connectivity index (χ4n) is 1.35. The normalized spacial score (nSPS) is 21.4. The molecule has 14 heavy (non-hydrogen) atoms. The number of aromatic nitrogens is 2. The fourth-order valence-corrected chi connectivity index (χ4v) is 2.54. The summed E-state index contributed by atoms with van der Waals surface area (Å²) in [6.07, 6.45) is 5.92. The molecule has 76 valence electrons. The molecule has 0 amide bonds. The second kappa shape index (κ2) is 4.96. The van der Waals surface area contributed by atoms with Crippen LogP contribution in [0.4, 0.5) is 0 Å². The molecule has 1 fully saturated rings. The second-order valence-electron chi connectivity index (χ2n) is 3.10. The van der Waals surface area contributed by atoms with E-state index in [1.165, 1.54) is 6.42 Å². The van der Waals surface area contributed by atoms with Crippen LogP contribution in [0.15, 0.2) is 17.4 Å². The number of rotatable bonds is 3. The molecule has 0 N–H and O–H groups in total. The number of thioether (sulfide) groups is 1. The zero-order valence-corrected chi connectivity index (χ0v) is 9.22. The van der Waals surface area contributed by atoms with E-state index in [0.29, 0.717) is 11.3 Å². The van der Waals surface area contributed by atoms with Crippen molar-refractivity contribution in [3.05, 3.63) is 17.5 Å². The predicted molar refractivity (Wildman–Crippen MR) is 56.7 cm³/mol. The van der Waals surface area contributed by atoms with Gasteiger partial charge in [0.05, 0.1) is 6.10 Å². The highest BCUT2D eigenvalue weighted by molar-refractivity contribution is 7.99. The molecule has 3 nitrogen and oxygen atoms in total. The molecule has 0 bridgehead atoms. The molecule has 0 saturated carbocycles. The number of halogens is 1. The molecule has 1 aromatic rings. The Morgan fingerprint density at radius 2 is 2.36 bits per heavy atom. The summed E-state index contributed by atoms with van der Waals surface area (Å²) in [5, 5.41) is 1.28. The van der Waals surface area contributed by atoms with Gasteiger partial charge in [0.1, 0.15) is 5.03 Å². The first-order valence-electron chi connectivity index (χ1n) is 4.57. The van der Waals surface area contributed by atoms with Crippen LogP contribution in [0.2, 0.25) is 5.15 Å². The summed E-state index contributed by atoms with van der Waals surface area (Å²) in [4.78, 5) is 8.12. The Balaban J connectivity index is 1.88. The van der Waals surface area contributed by atoms with Gasteiger partial charge in [0.15, 0.2) is 5.15 Å². The van der Waals surface area contributed by atoms with Crippen molar-refractivity contribution in [2.75, 3.05) is 12.4 Å². The summed E-state index contributed by atoms with van der Waals surface area (Å²) >= 11 is 7.49. The number of hydrogen-bond donors (Lipinski definition) is 0. The molecule has 1 saturated heterocycles. The third kappa shape index (κ3) is 2.59. The highest BCUT2D eigenvalue weighted by atomic mass is 35.5. The first kappa shape index (κ1) is 10.2. The average molecular weight is 231 g/mol. The van der Waals surface area contributed by atoms with Crippen molar-refractivity contribution in [1.29, 1.82) is 0 Å². The van der Waals surface area contributed by atoms with E-state index in [-0.39, 0.29) is 0 Å². The molecule has 0 aliphatic carbocycles. The van der Waals surface area contributed by atoms with Gasteiger partial charge < -0.3 is 4.74 Å². The van der Waals surface area contributed by atoms with Gasteiger partial charge in [0.25, 0.3) is 0 Å². The van der Waals surface area contributed by atoms with Crippen molar-refractivity contribution >= 4 is 23.4 Å². The highest BCUT2D eigenvalue weighted by Crippen LogP contribution is 2.25. The van der Waals surface area contributed by atoms with E-state index in [9.17, 15) is 0 Å². The van der Waals surface area contributed by atoms with Gasteiger partial charge in [-0.15, -0.1) is 11.8 Å². The van der Waals surface area contributed by atoms with Crippen LogP contribution < -0.4 is 0 Å². The van der Waals surface area contributed by atoms with Gasteiger partial charge in [-0.25, -0.2) is 9.97 Å². The van der Waals surface area contributed by atoms with Gasteiger partial charge >= 0.3 is 0 Å².